The van der Waals surface area contributed by atoms with Gasteiger partial charge in [-0.1, -0.05) is 31.9 Å². The van der Waals surface area contributed by atoms with E-state index in [1.807, 2.05) is 19.2 Å². The molecular formula is C10H14N2. The smallest absolute Gasteiger partial charge is 0.132 e. The first-order valence-corrected chi connectivity index (χ1v) is 3.59. The first kappa shape index (κ1) is 10.4. The average Bonchev–Trinajstić information content (AvgIpc) is 2.11. The Hall–Kier alpha value is -1.57. The molecule has 2 heteroatoms. The zero-order chi connectivity index (χ0) is 9.40. The fourth-order valence-corrected chi connectivity index (χ4v) is 0.593. The second kappa shape index (κ2) is 6.16. The Bertz CT molecular complexity index is 224. The van der Waals surface area contributed by atoms with Crippen molar-refractivity contribution in [2.45, 2.75) is 0 Å². The molecule has 0 spiro atoms. The minimum absolute atomic E-state index is 0.778. The van der Waals surface area contributed by atoms with Crippen molar-refractivity contribution in [1.29, 1.82) is 0 Å². The molecule has 64 valence electrons. The van der Waals surface area contributed by atoms with Crippen LogP contribution in [0.2, 0.25) is 0 Å². The lowest BCUT2D eigenvalue weighted by molar-refractivity contribution is 0.695. The van der Waals surface area contributed by atoms with Crippen molar-refractivity contribution in [1.82, 2.24) is 4.90 Å². The van der Waals surface area contributed by atoms with Crippen LogP contribution in [-0.4, -0.2) is 17.8 Å². The van der Waals surface area contributed by atoms with E-state index in [1.165, 1.54) is 6.20 Å². The Labute approximate surface area is 73.9 Å². The summed E-state index contributed by atoms with van der Waals surface area (Å²) in [7, 11) is 1.86. The average molecular weight is 162 g/mol. The van der Waals surface area contributed by atoms with Crippen LogP contribution in [0.15, 0.2) is 55.4 Å². The van der Waals surface area contributed by atoms with Crippen molar-refractivity contribution in [3.05, 3.63) is 50.4 Å². The third-order valence-electron chi connectivity index (χ3n) is 1.24. The Morgan fingerprint density at radius 1 is 1.33 bits per heavy atom. The molecule has 2 nitrogen and oxygen atoms in total. The second-order valence-electron chi connectivity index (χ2n) is 2.06. The Kier molecular flexibility index (Phi) is 5.35. The van der Waals surface area contributed by atoms with Crippen molar-refractivity contribution in [3.8, 4) is 0 Å². The van der Waals surface area contributed by atoms with E-state index in [0.717, 1.165) is 5.84 Å². The molecule has 0 unspecified atom stereocenters. The highest BCUT2D eigenvalue weighted by Crippen LogP contribution is 1.92. The molecule has 0 fully saturated rings. The van der Waals surface area contributed by atoms with Gasteiger partial charge in [-0.3, -0.25) is 0 Å². The van der Waals surface area contributed by atoms with Crippen LogP contribution in [0.3, 0.4) is 0 Å². The predicted molar refractivity (Wildman–Crippen MR) is 54.9 cm³/mol. The van der Waals surface area contributed by atoms with E-state index in [0.29, 0.717) is 0 Å². The minimum atomic E-state index is 0.778. The highest BCUT2D eigenvalue weighted by molar-refractivity contribution is 5.94. The van der Waals surface area contributed by atoms with Crippen molar-refractivity contribution in [2.75, 3.05) is 7.05 Å². The van der Waals surface area contributed by atoms with E-state index in [2.05, 4.69) is 24.7 Å². The van der Waals surface area contributed by atoms with Crippen LogP contribution in [0.4, 0.5) is 0 Å². The van der Waals surface area contributed by atoms with Gasteiger partial charge in [0.1, 0.15) is 5.84 Å². The molecular weight excluding hydrogens is 148 g/mol. The lowest BCUT2D eigenvalue weighted by Gasteiger charge is -2.11. The molecule has 0 radical (unpaired) electrons. The van der Waals surface area contributed by atoms with E-state index in [1.54, 1.807) is 17.2 Å². The van der Waals surface area contributed by atoms with Gasteiger partial charge in [0, 0.05) is 13.2 Å². The van der Waals surface area contributed by atoms with Crippen LogP contribution in [0.25, 0.3) is 0 Å². The van der Waals surface area contributed by atoms with Gasteiger partial charge in [-0.25, -0.2) is 4.99 Å². The molecule has 0 aliphatic rings. The van der Waals surface area contributed by atoms with Crippen LogP contribution in [0.1, 0.15) is 0 Å². The Morgan fingerprint density at radius 3 is 2.42 bits per heavy atom. The Balaban J connectivity index is 4.53. The first-order chi connectivity index (χ1) is 5.76. The number of rotatable bonds is 4. The Morgan fingerprint density at radius 2 is 2.00 bits per heavy atom. The lowest BCUT2D eigenvalue weighted by Crippen LogP contribution is -2.17. The monoisotopic (exact) mass is 162 g/mol. The van der Waals surface area contributed by atoms with E-state index in [4.69, 9.17) is 0 Å². The van der Waals surface area contributed by atoms with Gasteiger partial charge in [0.15, 0.2) is 0 Å². The molecule has 0 aromatic carbocycles. The second-order valence-corrected chi connectivity index (χ2v) is 2.06. The summed E-state index contributed by atoms with van der Waals surface area (Å²) in [6.45, 7) is 10.7. The number of hydrogen-bond donors (Lipinski definition) is 0. The summed E-state index contributed by atoms with van der Waals surface area (Å²) < 4.78 is 0. The van der Waals surface area contributed by atoms with Crippen molar-refractivity contribution >= 4 is 5.84 Å². The van der Waals surface area contributed by atoms with Gasteiger partial charge in [0.2, 0.25) is 0 Å². The molecule has 0 amide bonds. The summed E-state index contributed by atoms with van der Waals surface area (Å²) in [5.74, 6) is 0.778. The zero-order valence-electron chi connectivity index (χ0n) is 7.40. The summed E-state index contributed by atoms with van der Waals surface area (Å²) in [6, 6.07) is 0. The van der Waals surface area contributed by atoms with Crippen molar-refractivity contribution < 1.29 is 0 Å². The highest BCUT2D eigenvalue weighted by Gasteiger charge is 1.94. The number of amidine groups is 1. The normalized spacial score (nSPS) is 11.2. The number of likely N-dealkylation sites (N-methyl/N-ethyl adjacent to an activating group) is 1. The summed E-state index contributed by atoms with van der Waals surface area (Å²) in [4.78, 5) is 5.83. The largest absolute Gasteiger partial charge is 0.337 e. The van der Waals surface area contributed by atoms with E-state index < -0.39 is 0 Å². The fourth-order valence-electron chi connectivity index (χ4n) is 0.593. The quantitative estimate of drug-likeness (QED) is 0.352. The zero-order valence-corrected chi connectivity index (χ0v) is 7.40. The van der Waals surface area contributed by atoms with Gasteiger partial charge < -0.3 is 4.90 Å². The van der Waals surface area contributed by atoms with Crippen molar-refractivity contribution in [3.63, 3.8) is 0 Å². The summed E-state index contributed by atoms with van der Waals surface area (Å²) >= 11 is 0. The molecule has 0 atom stereocenters. The fraction of sp³-hybridized carbons (Fsp3) is 0.100. The topological polar surface area (TPSA) is 15.6 Å². The molecule has 0 aliphatic carbocycles. The molecule has 0 saturated heterocycles. The SMILES string of the molecule is C=C/C=C\C(=NC=C)N(C)C=C. The lowest BCUT2D eigenvalue weighted by atomic mass is 10.4. The predicted octanol–water partition coefficient (Wildman–Crippen LogP) is 2.35. The van der Waals surface area contributed by atoms with Gasteiger partial charge in [0.25, 0.3) is 0 Å². The van der Waals surface area contributed by atoms with Gasteiger partial charge in [-0.15, -0.1) is 0 Å². The van der Waals surface area contributed by atoms with E-state index in [9.17, 15) is 0 Å². The van der Waals surface area contributed by atoms with Gasteiger partial charge in [-0.2, -0.15) is 0 Å². The van der Waals surface area contributed by atoms with Crippen LogP contribution in [0.5, 0.6) is 0 Å². The molecule has 0 N–H and O–H groups in total. The molecule has 0 aliphatic heterocycles. The first-order valence-electron chi connectivity index (χ1n) is 3.59. The van der Waals surface area contributed by atoms with Gasteiger partial charge in [0.05, 0.1) is 0 Å². The minimum Gasteiger partial charge on any atom is -0.337 e. The number of allylic oxidation sites excluding steroid dienone is 2. The van der Waals surface area contributed by atoms with Crippen LogP contribution in [-0.2, 0) is 0 Å². The molecule has 0 heterocycles. The van der Waals surface area contributed by atoms with Crippen LogP contribution in [0, 0.1) is 0 Å². The summed E-state index contributed by atoms with van der Waals surface area (Å²) in [5, 5.41) is 0. The third-order valence-corrected chi connectivity index (χ3v) is 1.24. The van der Waals surface area contributed by atoms with Crippen LogP contribution < -0.4 is 0 Å². The molecule has 12 heavy (non-hydrogen) atoms. The molecule has 0 aromatic rings. The third kappa shape index (κ3) is 3.56. The molecule has 0 saturated carbocycles. The highest BCUT2D eigenvalue weighted by atomic mass is 15.1. The van der Waals surface area contributed by atoms with Crippen LogP contribution >= 0.6 is 0 Å². The summed E-state index contributed by atoms with van der Waals surface area (Å²) in [5.41, 5.74) is 0. The maximum Gasteiger partial charge on any atom is 0.132 e. The molecule has 0 aromatic heterocycles. The van der Waals surface area contributed by atoms with E-state index >= 15 is 0 Å². The van der Waals surface area contributed by atoms with Gasteiger partial charge >= 0.3 is 0 Å². The number of aliphatic imine (C=N–C) groups is 1. The maximum absolute atomic E-state index is 4.03. The number of nitrogens with zero attached hydrogens (tertiary/aromatic N) is 2. The van der Waals surface area contributed by atoms with Crippen molar-refractivity contribution in [2.24, 2.45) is 4.99 Å². The number of hydrogen-bond acceptors (Lipinski definition) is 1. The van der Waals surface area contributed by atoms with E-state index in [-0.39, 0.29) is 0 Å². The standard InChI is InChI=1S/C10H14N2/c1-5-8-9-10(11-6-2)12(4)7-3/h5-9H,1-3H2,4H3/b9-8-,11-10?. The maximum atomic E-state index is 4.03. The molecule has 0 rings (SSSR count). The summed E-state index contributed by atoms with van der Waals surface area (Å²) in [6.07, 6.45) is 8.49. The molecule has 0 bridgehead atoms. The van der Waals surface area contributed by atoms with Gasteiger partial charge in [-0.05, 0) is 12.3 Å².